The van der Waals surface area contributed by atoms with Crippen LogP contribution in [-0.2, 0) is 24.2 Å². The summed E-state index contributed by atoms with van der Waals surface area (Å²) in [6.45, 7) is 1.56. The minimum Gasteiger partial charge on any atom is -0.493 e. The molecule has 0 spiro atoms. The molecule has 11 heteroatoms. The van der Waals surface area contributed by atoms with E-state index in [9.17, 15) is 14.0 Å². The Bertz CT molecular complexity index is 1610. The summed E-state index contributed by atoms with van der Waals surface area (Å²) in [5.74, 6) is -0.115. The number of ether oxygens (including phenoxy) is 2. The third kappa shape index (κ3) is 5.53. The van der Waals surface area contributed by atoms with E-state index in [4.69, 9.17) is 21.1 Å². The topological polar surface area (TPSA) is 94.8 Å². The molecular weight excluding hydrogens is 543 g/mol. The standard InChI is InChI=1S/C28H26ClFN4O4S/c1-16(34-15-31-27-25(28(34)36)18-6-3-4-9-24(18)39-27)26(35)33-32-13-17-10-11-22(23(12-17)37-2)38-14-19-20(29)7-5-8-21(19)30/h5,7-8,10-13,15-16H,3-4,6,9,14H2,1-2H3,(H,33,35)/b32-13-/t16-/m0/s1. The molecule has 1 atom stereocenters. The number of hydrogen-bond acceptors (Lipinski definition) is 7. The number of nitrogens with one attached hydrogen (secondary N) is 1. The summed E-state index contributed by atoms with van der Waals surface area (Å²) in [6, 6.07) is 8.66. The normalized spacial score (nSPS) is 13.8. The highest BCUT2D eigenvalue weighted by Gasteiger charge is 2.23. The fraction of sp³-hybridized carbons (Fsp3) is 0.286. The zero-order valence-electron chi connectivity index (χ0n) is 21.4. The van der Waals surface area contributed by atoms with Gasteiger partial charge in [0.05, 0.1) is 30.1 Å². The first kappa shape index (κ1) is 26.8. The van der Waals surface area contributed by atoms with Crippen molar-refractivity contribution >= 4 is 45.3 Å². The van der Waals surface area contributed by atoms with Crippen molar-refractivity contribution in [2.24, 2.45) is 5.10 Å². The molecule has 2 heterocycles. The van der Waals surface area contributed by atoms with Crippen LogP contribution in [0.15, 0.2) is 52.6 Å². The second kappa shape index (κ2) is 11.5. The molecule has 0 radical (unpaired) electrons. The molecule has 1 N–H and O–H groups in total. The molecule has 1 aliphatic rings. The lowest BCUT2D eigenvalue weighted by molar-refractivity contribution is -0.123. The number of methoxy groups -OCH3 is 1. The number of amides is 1. The van der Waals surface area contributed by atoms with E-state index in [2.05, 4.69) is 15.5 Å². The first-order valence-corrected chi connectivity index (χ1v) is 13.6. The van der Waals surface area contributed by atoms with Crippen molar-refractivity contribution in [3.05, 3.63) is 85.5 Å². The first-order chi connectivity index (χ1) is 18.9. The number of rotatable bonds is 8. The van der Waals surface area contributed by atoms with Gasteiger partial charge in [-0.05, 0) is 74.1 Å². The minimum atomic E-state index is -0.804. The number of hydrogen-bond donors (Lipinski definition) is 1. The maximum atomic E-state index is 14.0. The molecule has 0 saturated heterocycles. The molecule has 8 nitrogen and oxygen atoms in total. The Labute approximate surface area is 233 Å². The number of fused-ring (bicyclic) bond motifs is 3. The van der Waals surface area contributed by atoms with Gasteiger partial charge in [0.1, 0.15) is 23.3 Å². The smallest absolute Gasteiger partial charge is 0.263 e. The molecule has 39 heavy (non-hydrogen) atoms. The number of halogens is 2. The molecule has 4 aromatic rings. The van der Waals surface area contributed by atoms with Crippen LogP contribution in [0, 0.1) is 5.82 Å². The van der Waals surface area contributed by atoms with Gasteiger partial charge in [-0.3, -0.25) is 14.2 Å². The highest BCUT2D eigenvalue weighted by atomic mass is 35.5. The molecule has 0 unspecified atom stereocenters. The number of aromatic nitrogens is 2. The van der Waals surface area contributed by atoms with E-state index in [-0.39, 0.29) is 22.8 Å². The minimum absolute atomic E-state index is 0.0720. The van der Waals surface area contributed by atoms with Gasteiger partial charge in [-0.25, -0.2) is 14.8 Å². The lowest BCUT2D eigenvalue weighted by Gasteiger charge is -2.14. The number of thiophene rings is 1. The predicted octanol–water partition coefficient (Wildman–Crippen LogP) is 5.43. The van der Waals surface area contributed by atoms with E-state index in [0.717, 1.165) is 36.1 Å². The molecule has 0 bridgehead atoms. The second-order valence-electron chi connectivity index (χ2n) is 9.16. The Hall–Kier alpha value is -3.76. The van der Waals surface area contributed by atoms with Crippen molar-refractivity contribution in [2.45, 2.75) is 45.3 Å². The summed E-state index contributed by atoms with van der Waals surface area (Å²) in [5, 5.41) is 4.95. The summed E-state index contributed by atoms with van der Waals surface area (Å²) in [7, 11) is 1.48. The highest BCUT2D eigenvalue weighted by Crippen LogP contribution is 2.33. The lowest BCUT2D eigenvalue weighted by Crippen LogP contribution is -2.34. The maximum absolute atomic E-state index is 14.0. The number of aryl methyl sites for hydroxylation is 2. The SMILES string of the molecule is COc1cc(/C=N\NC(=O)[C@H](C)n2cnc3sc4c(c3c2=O)CCCC4)ccc1OCc1c(F)cccc1Cl. The molecule has 0 aliphatic heterocycles. The lowest BCUT2D eigenvalue weighted by atomic mass is 9.97. The van der Waals surface area contributed by atoms with Crippen molar-refractivity contribution in [1.82, 2.24) is 15.0 Å². The van der Waals surface area contributed by atoms with E-state index in [1.807, 2.05) is 0 Å². The average molecular weight is 569 g/mol. The molecule has 202 valence electrons. The van der Waals surface area contributed by atoms with Gasteiger partial charge in [0.15, 0.2) is 11.5 Å². The molecular formula is C28H26ClFN4O4S. The van der Waals surface area contributed by atoms with Crippen molar-refractivity contribution in [3.8, 4) is 11.5 Å². The van der Waals surface area contributed by atoms with Crippen molar-refractivity contribution < 1.29 is 18.7 Å². The second-order valence-corrected chi connectivity index (χ2v) is 10.6. The van der Waals surface area contributed by atoms with Gasteiger partial charge in [-0.15, -0.1) is 11.3 Å². The highest BCUT2D eigenvalue weighted by molar-refractivity contribution is 7.18. The molecule has 2 aromatic carbocycles. The van der Waals surface area contributed by atoms with Gasteiger partial charge in [0.25, 0.3) is 11.5 Å². The van der Waals surface area contributed by atoms with Crippen LogP contribution in [0.1, 0.15) is 47.4 Å². The maximum Gasteiger partial charge on any atom is 0.263 e. The summed E-state index contributed by atoms with van der Waals surface area (Å²) in [4.78, 5) is 32.5. The van der Waals surface area contributed by atoms with Crippen LogP contribution in [0.2, 0.25) is 5.02 Å². The van der Waals surface area contributed by atoms with Crippen LogP contribution in [0.5, 0.6) is 11.5 Å². The van der Waals surface area contributed by atoms with Gasteiger partial charge in [-0.1, -0.05) is 17.7 Å². The van der Waals surface area contributed by atoms with Crippen LogP contribution < -0.4 is 20.5 Å². The Balaban J connectivity index is 1.26. The molecule has 2 aromatic heterocycles. The Kier molecular flexibility index (Phi) is 7.94. The van der Waals surface area contributed by atoms with Gasteiger partial charge < -0.3 is 9.47 Å². The number of carbonyl (C=O) groups excluding carboxylic acids is 1. The Morgan fingerprint density at radius 3 is 2.90 bits per heavy atom. The number of benzene rings is 2. The van der Waals surface area contributed by atoms with E-state index in [1.165, 1.54) is 41.2 Å². The van der Waals surface area contributed by atoms with E-state index < -0.39 is 17.8 Å². The molecule has 0 saturated carbocycles. The zero-order chi connectivity index (χ0) is 27.5. The molecule has 5 rings (SSSR count). The van der Waals surface area contributed by atoms with Crippen LogP contribution >= 0.6 is 22.9 Å². The van der Waals surface area contributed by atoms with Crippen molar-refractivity contribution in [1.29, 1.82) is 0 Å². The summed E-state index contributed by atoms with van der Waals surface area (Å²) < 4.78 is 26.5. The fourth-order valence-electron chi connectivity index (χ4n) is 4.53. The van der Waals surface area contributed by atoms with Gasteiger partial charge in [0, 0.05) is 10.4 Å². The van der Waals surface area contributed by atoms with E-state index in [1.54, 1.807) is 42.5 Å². The van der Waals surface area contributed by atoms with Crippen LogP contribution in [-0.4, -0.2) is 28.8 Å². The first-order valence-electron chi connectivity index (χ1n) is 12.5. The fourth-order valence-corrected chi connectivity index (χ4v) is 5.97. The summed E-state index contributed by atoms with van der Waals surface area (Å²) in [6.07, 6.45) is 6.89. The molecule has 1 amide bonds. The third-order valence-electron chi connectivity index (χ3n) is 6.71. The molecule has 0 fully saturated rings. The number of carbonyl (C=O) groups is 1. The quantitative estimate of drug-likeness (QED) is 0.226. The largest absolute Gasteiger partial charge is 0.493 e. The summed E-state index contributed by atoms with van der Waals surface area (Å²) in [5.41, 5.74) is 4.24. The van der Waals surface area contributed by atoms with Gasteiger partial charge in [0.2, 0.25) is 0 Å². The third-order valence-corrected chi connectivity index (χ3v) is 8.26. The zero-order valence-corrected chi connectivity index (χ0v) is 22.9. The van der Waals surface area contributed by atoms with Crippen LogP contribution in [0.3, 0.4) is 0 Å². The van der Waals surface area contributed by atoms with Gasteiger partial charge >= 0.3 is 0 Å². The van der Waals surface area contributed by atoms with Crippen molar-refractivity contribution in [3.63, 3.8) is 0 Å². The number of hydrazone groups is 1. The van der Waals surface area contributed by atoms with Crippen LogP contribution in [0.4, 0.5) is 4.39 Å². The average Bonchev–Trinajstić information content (AvgIpc) is 3.32. The van der Waals surface area contributed by atoms with Gasteiger partial charge in [-0.2, -0.15) is 5.10 Å². The van der Waals surface area contributed by atoms with Crippen molar-refractivity contribution in [2.75, 3.05) is 7.11 Å². The van der Waals surface area contributed by atoms with E-state index in [0.29, 0.717) is 22.4 Å². The Morgan fingerprint density at radius 1 is 1.28 bits per heavy atom. The molecule has 1 aliphatic carbocycles. The summed E-state index contributed by atoms with van der Waals surface area (Å²) >= 11 is 7.64. The predicted molar refractivity (Wildman–Crippen MR) is 150 cm³/mol. The van der Waals surface area contributed by atoms with Crippen LogP contribution in [0.25, 0.3) is 10.2 Å². The monoisotopic (exact) mass is 568 g/mol. The van der Waals surface area contributed by atoms with E-state index >= 15 is 0 Å². The Morgan fingerprint density at radius 2 is 2.10 bits per heavy atom. The number of nitrogens with zero attached hydrogens (tertiary/aromatic N) is 3.